The third-order valence-electron chi connectivity index (χ3n) is 2.19. The SMILES string of the molecule is Cc1ccc(S(=O)C(C)CCN)cc1. The zero-order valence-corrected chi connectivity index (χ0v) is 9.51. The van der Waals surface area contributed by atoms with E-state index >= 15 is 0 Å². The molecule has 0 saturated carbocycles. The van der Waals surface area contributed by atoms with Gasteiger partial charge in [-0.1, -0.05) is 24.6 Å². The van der Waals surface area contributed by atoms with Crippen LogP contribution < -0.4 is 5.73 Å². The molecule has 1 aromatic rings. The second kappa shape index (κ2) is 5.27. The molecule has 0 aliphatic carbocycles. The Morgan fingerprint density at radius 3 is 2.43 bits per heavy atom. The monoisotopic (exact) mass is 211 g/mol. The second-order valence-corrected chi connectivity index (χ2v) is 5.37. The molecule has 2 unspecified atom stereocenters. The highest BCUT2D eigenvalue weighted by molar-refractivity contribution is 7.85. The van der Waals surface area contributed by atoms with Crippen molar-refractivity contribution in [3.05, 3.63) is 29.8 Å². The van der Waals surface area contributed by atoms with Gasteiger partial charge in [-0.2, -0.15) is 0 Å². The quantitative estimate of drug-likeness (QED) is 0.825. The molecule has 0 aromatic heterocycles. The Labute approximate surface area is 88.0 Å². The number of nitrogens with two attached hydrogens (primary N) is 1. The summed E-state index contributed by atoms with van der Waals surface area (Å²) < 4.78 is 11.9. The molecule has 1 rings (SSSR count). The van der Waals surface area contributed by atoms with Crippen molar-refractivity contribution in [2.75, 3.05) is 6.54 Å². The predicted octanol–water partition coefficient (Wildman–Crippen LogP) is 1.84. The molecule has 14 heavy (non-hydrogen) atoms. The fraction of sp³-hybridized carbons (Fsp3) is 0.455. The first kappa shape index (κ1) is 11.4. The zero-order chi connectivity index (χ0) is 10.6. The lowest BCUT2D eigenvalue weighted by atomic mass is 10.2. The lowest BCUT2D eigenvalue weighted by Gasteiger charge is -2.09. The van der Waals surface area contributed by atoms with Crippen molar-refractivity contribution in [1.29, 1.82) is 0 Å². The van der Waals surface area contributed by atoms with Crippen LogP contribution in [0.25, 0.3) is 0 Å². The Kier molecular flexibility index (Phi) is 4.29. The molecule has 2 N–H and O–H groups in total. The average Bonchev–Trinajstić information content (AvgIpc) is 2.18. The van der Waals surface area contributed by atoms with E-state index in [1.807, 2.05) is 38.1 Å². The van der Waals surface area contributed by atoms with Crippen molar-refractivity contribution in [1.82, 2.24) is 0 Å². The van der Waals surface area contributed by atoms with Crippen molar-refractivity contribution >= 4 is 10.8 Å². The first-order chi connectivity index (χ1) is 6.65. The van der Waals surface area contributed by atoms with Gasteiger partial charge >= 0.3 is 0 Å². The maximum atomic E-state index is 11.9. The summed E-state index contributed by atoms with van der Waals surface area (Å²) in [5, 5.41) is 0.141. The van der Waals surface area contributed by atoms with E-state index in [2.05, 4.69) is 0 Å². The molecule has 0 radical (unpaired) electrons. The van der Waals surface area contributed by atoms with E-state index in [-0.39, 0.29) is 5.25 Å². The Hall–Kier alpha value is -0.670. The molecule has 0 fully saturated rings. The first-order valence-corrected chi connectivity index (χ1v) is 6.03. The summed E-state index contributed by atoms with van der Waals surface area (Å²) >= 11 is 0. The number of hydrogen-bond acceptors (Lipinski definition) is 2. The third kappa shape index (κ3) is 2.93. The van der Waals surface area contributed by atoms with Crippen LogP contribution in [0.3, 0.4) is 0 Å². The van der Waals surface area contributed by atoms with E-state index in [9.17, 15) is 4.21 Å². The normalized spacial score (nSPS) is 15.1. The van der Waals surface area contributed by atoms with Crippen LogP contribution in [-0.4, -0.2) is 16.0 Å². The van der Waals surface area contributed by atoms with Gasteiger partial charge in [-0.25, -0.2) is 0 Å². The maximum absolute atomic E-state index is 11.9. The molecule has 0 heterocycles. The molecule has 78 valence electrons. The van der Waals surface area contributed by atoms with Crippen LogP contribution in [0.5, 0.6) is 0 Å². The van der Waals surface area contributed by atoms with Crippen molar-refractivity contribution in [2.45, 2.75) is 30.4 Å². The van der Waals surface area contributed by atoms with Gasteiger partial charge in [0.1, 0.15) is 0 Å². The first-order valence-electron chi connectivity index (χ1n) is 4.82. The van der Waals surface area contributed by atoms with Gasteiger partial charge in [-0.05, 0) is 32.0 Å². The summed E-state index contributed by atoms with van der Waals surface area (Å²) in [6, 6.07) is 7.84. The minimum absolute atomic E-state index is 0.141. The molecule has 2 atom stereocenters. The summed E-state index contributed by atoms with van der Waals surface area (Å²) in [7, 11) is -0.916. The standard InChI is InChI=1S/C11H17NOS/c1-9-3-5-11(6-4-9)14(13)10(2)7-8-12/h3-6,10H,7-8,12H2,1-2H3. The number of aryl methyl sites for hydroxylation is 1. The molecule has 0 saturated heterocycles. The largest absolute Gasteiger partial charge is 0.330 e. The number of hydrogen-bond donors (Lipinski definition) is 1. The molecule has 0 amide bonds. The van der Waals surface area contributed by atoms with Crippen molar-refractivity contribution in [3.8, 4) is 0 Å². The summed E-state index contributed by atoms with van der Waals surface area (Å²) in [4.78, 5) is 0.900. The van der Waals surface area contributed by atoms with Gasteiger partial charge in [-0.3, -0.25) is 4.21 Å². The van der Waals surface area contributed by atoms with E-state index in [0.29, 0.717) is 6.54 Å². The number of benzene rings is 1. The van der Waals surface area contributed by atoms with Gasteiger partial charge in [0.2, 0.25) is 0 Å². The van der Waals surface area contributed by atoms with Gasteiger partial charge < -0.3 is 5.73 Å². The highest BCUT2D eigenvalue weighted by atomic mass is 32.2. The summed E-state index contributed by atoms with van der Waals surface area (Å²) in [6.45, 7) is 4.59. The lowest BCUT2D eigenvalue weighted by Crippen LogP contribution is -2.16. The van der Waals surface area contributed by atoms with Crippen LogP contribution in [0.15, 0.2) is 29.2 Å². The summed E-state index contributed by atoms with van der Waals surface area (Å²) in [6.07, 6.45) is 0.806. The molecular weight excluding hydrogens is 194 g/mol. The van der Waals surface area contributed by atoms with E-state index in [1.54, 1.807) is 0 Å². The second-order valence-electron chi connectivity index (χ2n) is 3.50. The van der Waals surface area contributed by atoms with Crippen molar-refractivity contribution in [2.24, 2.45) is 5.73 Å². The topological polar surface area (TPSA) is 43.1 Å². The smallest absolute Gasteiger partial charge is 0.0558 e. The van der Waals surface area contributed by atoms with E-state index < -0.39 is 10.8 Å². The van der Waals surface area contributed by atoms with E-state index in [0.717, 1.165) is 11.3 Å². The minimum atomic E-state index is -0.916. The number of rotatable bonds is 4. The Morgan fingerprint density at radius 1 is 1.36 bits per heavy atom. The fourth-order valence-electron chi connectivity index (χ4n) is 1.25. The van der Waals surface area contributed by atoms with Crippen molar-refractivity contribution in [3.63, 3.8) is 0 Å². The van der Waals surface area contributed by atoms with Gasteiger partial charge in [-0.15, -0.1) is 0 Å². The highest BCUT2D eigenvalue weighted by Crippen LogP contribution is 2.13. The van der Waals surface area contributed by atoms with Crippen molar-refractivity contribution < 1.29 is 4.21 Å². The molecule has 0 aliphatic heterocycles. The van der Waals surface area contributed by atoms with Crippen LogP contribution in [-0.2, 0) is 10.8 Å². The van der Waals surface area contributed by atoms with Crippen LogP contribution in [0.2, 0.25) is 0 Å². The fourth-order valence-corrected chi connectivity index (χ4v) is 2.47. The maximum Gasteiger partial charge on any atom is 0.0558 e. The zero-order valence-electron chi connectivity index (χ0n) is 8.69. The predicted molar refractivity (Wildman–Crippen MR) is 60.7 cm³/mol. The van der Waals surface area contributed by atoms with E-state index in [4.69, 9.17) is 5.73 Å². The summed E-state index contributed by atoms with van der Waals surface area (Å²) in [5.41, 5.74) is 6.63. The van der Waals surface area contributed by atoms with Crippen LogP contribution in [0.1, 0.15) is 18.9 Å². The summed E-state index contributed by atoms with van der Waals surface area (Å²) in [5.74, 6) is 0. The van der Waals surface area contributed by atoms with Crippen LogP contribution >= 0.6 is 0 Å². The highest BCUT2D eigenvalue weighted by Gasteiger charge is 2.11. The Morgan fingerprint density at radius 2 is 1.93 bits per heavy atom. The minimum Gasteiger partial charge on any atom is -0.330 e. The molecule has 0 spiro atoms. The molecule has 0 bridgehead atoms. The average molecular weight is 211 g/mol. The van der Waals surface area contributed by atoms with Gasteiger partial charge in [0.25, 0.3) is 0 Å². The van der Waals surface area contributed by atoms with Crippen LogP contribution in [0, 0.1) is 6.92 Å². The van der Waals surface area contributed by atoms with Crippen LogP contribution in [0.4, 0.5) is 0 Å². The molecule has 3 heteroatoms. The molecular formula is C11H17NOS. The Bertz CT molecular complexity index is 308. The molecule has 0 aliphatic rings. The van der Waals surface area contributed by atoms with Gasteiger partial charge in [0.05, 0.1) is 10.8 Å². The molecule has 1 aromatic carbocycles. The Balaban J connectivity index is 2.74. The lowest BCUT2D eigenvalue weighted by molar-refractivity contribution is 0.666. The third-order valence-corrected chi connectivity index (χ3v) is 3.90. The van der Waals surface area contributed by atoms with Gasteiger partial charge in [0, 0.05) is 10.1 Å². The van der Waals surface area contributed by atoms with E-state index in [1.165, 1.54) is 5.56 Å². The molecule has 2 nitrogen and oxygen atoms in total. The van der Waals surface area contributed by atoms with Gasteiger partial charge in [0.15, 0.2) is 0 Å².